The molecule has 7 heteroatoms. The predicted octanol–water partition coefficient (Wildman–Crippen LogP) is 5.09. The van der Waals surface area contributed by atoms with E-state index in [0.717, 1.165) is 11.3 Å². The van der Waals surface area contributed by atoms with E-state index in [2.05, 4.69) is 29.6 Å². The highest BCUT2D eigenvalue weighted by Gasteiger charge is 2.28. The van der Waals surface area contributed by atoms with Crippen LogP contribution in [0.3, 0.4) is 0 Å². The van der Waals surface area contributed by atoms with Gasteiger partial charge in [0.25, 0.3) is 0 Å². The average molecular weight is 453 g/mol. The molecule has 0 fully saturated rings. The van der Waals surface area contributed by atoms with E-state index in [1.165, 1.54) is 22.9 Å². The molecule has 0 saturated heterocycles. The van der Waals surface area contributed by atoms with Gasteiger partial charge in [-0.25, -0.2) is 0 Å². The number of nitrogens with zero attached hydrogens (tertiary/aromatic N) is 1. The maximum atomic E-state index is 13.0. The van der Waals surface area contributed by atoms with Crippen LogP contribution in [-0.2, 0) is 21.9 Å². The SMILES string of the molecule is CC[C@H](C(=O)NC)N(Cc1ccc(Cl)cc1Cl)C(=O)CSCc1ccc(C)cc1. The first kappa shape index (κ1) is 23.6. The lowest BCUT2D eigenvalue weighted by Crippen LogP contribution is -2.48. The van der Waals surface area contributed by atoms with Gasteiger partial charge in [-0.15, -0.1) is 11.8 Å². The van der Waals surface area contributed by atoms with Crippen LogP contribution in [-0.4, -0.2) is 35.6 Å². The molecule has 156 valence electrons. The zero-order valence-corrected chi connectivity index (χ0v) is 19.2. The number of carbonyl (C=O) groups excluding carboxylic acids is 2. The van der Waals surface area contributed by atoms with Crippen LogP contribution in [0.25, 0.3) is 0 Å². The van der Waals surface area contributed by atoms with Crippen LogP contribution in [0.1, 0.15) is 30.0 Å². The van der Waals surface area contributed by atoms with Crippen molar-refractivity contribution >= 4 is 46.8 Å². The van der Waals surface area contributed by atoms with Gasteiger partial charge in [-0.3, -0.25) is 9.59 Å². The average Bonchev–Trinajstić information content (AvgIpc) is 2.70. The molecule has 2 aromatic rings. The molecule has 0 spiro atoms. The van der Waals surface area contributed by atoms with E-state index < -0.39 is 6.04 Å². The molecule has 0 aliphatic rings. The highest BCUT2D eigenvalue weighted by Crippen LogP contribution is 2.24. The molecule has 2 rings (SSSR count). The van der Waals surface area contributed by atoms with Gasteiger partial charge in [-0.05, 0) is 36.6 Å². The molecule has 1 atom stereocenters. The van der Waals surface area contributed by atoms with Gasteiger partial charge >= 0.3 is 0 Å². The van der Waals surface area contributed by atoms with E-state index >= 15 is 0 Å². The van der Waals surface area contributed by atoms with Crippen LogP contribution < -0.4 is 5.32 Å². The van der Waals surface area contributed by atoms with E-state index in [4.69, 9.17) is 23.2 Å². The minimum atomic E-state index is -0.556. The van der Waals surface area contributed by atoms with Gasteiger partial charge in [0, 0.05) is 29.4 Å². The fourth-order valence-electron chi connectivity index (χ4n) is 2.94. The summed E-state index contributed by atoms with van der Waals surface area (Å²) >= 11 is 13.8. The topological polar surface area (TPSA) is 49.4 Å². The number of nitrogens with one attached hydrogen (secondary N) is 1. The van der Waals surface area contributed by atoms with E-state index in [1.807, 2.05) is 13.8 Å². The summed E-state index contributed by atoms with van der Waals surface area (Å²) in [6.45, 7) is 4.19. The first-order chi connectivity index (χ1) is 13.8. The van der Waals surface area contributed by atoms with Crippen molar-refractivity contribution in [2.45, 2.75) is 38.6 Å². The number of hydrogen-bond donors (Lipinski definition) is 1. The lowest BCUT2D eigenvalue weighted by Gasteiger charge is -2.30. The Bertz CT molecular complexity index is 843. The normalized spacial score (nSPS) is 11.8. The summed E-state index contributed by atoms with van der Waals surface area (Å²) < 4.78 is 0. The van der Waals surface area contributed by atoms with Crippen molar-refractivity contribution in [2.75, 3.05) is 12.8 Å². The fraction of sp³-hybridized carbons (Fsp3) is 0.364. The first-order valence-corrected chi connectivity index (χ1v) is 11.3. The van der Waals surface area contributed by atoms with E-state index in [-0.39, 0.29) is 24.1 Å². The molecular formula is C22H26Cl2N2O2S. The summed E-state index contributed by atoms with van der Waals surface area (Å²) in [5.74, 6) is 0.739. The molecule has 0 saturated carbocycles. The summed E-state index contributed by atoms with van der Waals surface area (Å²) in [6, 6.07) is 12.9. The molecule has 0 aliphatic heterocycles. The summed E-state index contributed by atoms with van der Waals surface area (Å²) in [6.07, 6.45) is 0.513. The monoisotopic (exact) mass is 452 g/mol. The quantitative estimate of drug-likeness (QED) is 0.576. The summed E-state index contributed by atoms with van der Waals surface area (Å²) in [7, 11) is 1.58. The van der Waals surface area contributed by atoms with Crippen molar-refractivity contribution in [3.05, 3.63) is 69.2 Å². The van der Waals surface area contributed by atoms with Crippen molar-refractivity contribution < 1.29 is 9.59 Å². The summed E-state index contributed by atoms with van der Waals surface area (Å²) in [5, 5.41) is 3.67. The van der Waals surface area contributed by atoms with Gasteiger partial charge in [-0.1, -0.05) is 66.0 Å². The molecule has 29 heavy (non-hydrogen) atoms. The molecule has 2 aromatic carbocycles. The summed E-state index contributed by atoms with van der Waals surface area (Å²) in [4.78, 5) is 27.0. The van der Waals surface area contributed by atoms with E-state index in [9.17, 15) is 9.59 Å². The van der Waals surface area contributed by atoms with Gasteiger partial charge in [-0.2, -0.15) is 0 Å². The van der Waals surface area contributed by atoms with Crippen molar-refractivity contribution in [1.82, 2.24) is 10.2 Å². The molecule has 0 radical (unpaired) electrons. The second kappa shape index (κ2) is 11.5. The number of thioether (sulfide) groups is 1. The number of hydrogen-bond acceptors (Lipinski definition) is 3. The number of benzene rings is 2. The van der Waals surface area contributed by atoms with Crippen molar-refractivity contribution in [3.63, 3.8) is 0 Å². The maximum absolute atomic E-state index is 13.0. The van der Waals surface area contributed by atoms with Gasteiger partial charge in [0.2, 0.25) is 11.8 Å². The molecule has 0 aliphatic carbocycles. The highest BCUT2D eigenvalue weighted by molar-refractivity contribution is 7.99. The van der Waals surface area contributed by atoms with Gasteiger partial charge < -0.3 is 10.2 Å². The third-order valence-corrected chi connectivity index (χ3v) is 6.18. The van der Waals surface area contributed by atoms with Gasteiger partial charge in [0.05, 0.1) is 5.75 Å². The Morgan fingerprint density at radius 3 is 2.41 bits per heavy atom. The molecule has 0 heterocycles. The fourth-order valence-corrected chi connectivity index (χ4v) is 4.28. The molecule has 1 N–H and O–H groups in total. The lowest BCUT2D eigenvalue weighted by molar-refractivity contribution is -0.139. The van der Waals surface area contributed by atoms with Crippen molar-refractivity contribution in [1.29, 1.82) is 0 Å². The highest BCUT2D eigenvalue weighted by atomic mass is 35.5. The van der Waals surface area contributed by atoms with Crippen LogP contribution in [0, 0.1) is 6.92 Å². The molecule has 2 amide bonds. The van der Waals surface area contributed by atoms with Crippen LogP contribution in [0.15, 0.2) is 42.5 Å². The van der Waals surface area contributed by atoms with Crippen LogP contribution in [0.5, 0.6) is 0 Å². The molecular weight excluding hydrogens is 427 g/mol. The van der Waals surface area contributed by atoms with Crippen LogP contribution >= 0.6 is 35.0 Å². The number of amides is 2. The Morgan fingerprint density at radius 2 is 1.83 bits per heavy atom. The largest absolute Gasteiger partial charge is 0.357 e. The number of halogens is 2. The van der Waals surface area contributed by atoms with Gasteiger partial charge in [0.1, 0.15) is 6.04 Å². The molecule has 0 aromatic heterocycles. The minimum absolute atomic E-state index is 0.0939. The third-order valence-electron chi connectivity index (χ3n) is 4.60. The number of rotatable bonds is 9. The molecule has 4 nitrogen and oxygen atoms in total. The first-order valence-electron chi connectivity index (χ1n) is 9.44. The number of likely N-dealkylation sites (N-methyl/N-ethyl adjacent to an activating group) is 1. The minimum Gasteiger partial charge on any atom is -0.357 e. The molecule has 0 unspecified atom stereocenters. The third kappa shape index (κ3) is 6.95. The van der Waals surface area contributed by atoms with Gasteiger partial charge in [0.15, 0.2) is 0 Å². The molecule has 0 bridgehead atoms. The van der Waals surface area contributed by atoms with E-state index in [0.29, 0.717) is 16.5 Å². The van der Waals surface area contributed by atoms with Crippen molar-refractivity contribution in [3.8, 4) is 0 Å². The number of aryl methyl sites for hydroxylation is 1. The lowest BCUT2D eigenvalue weighted by atomic mass is 10.1. The Balaban J connectivity index is 2.13. The Hall–Kier alpha value is -1.69. The number of carbonyl (C=O) groups is 2. The zero-order valence-electron chi connectivity index (χ0n) is 16.9. The van der Waals surface area contributed by atoms with Crippen LogP contribution in [0.2, 0.25) is 10.0 Å². The smallest absolute Gasteiger partial charge is 0.242 e. The Kier molecular flexibility index (Phi) is 9.34. The second-order valence-corrected chi connectivity index (χ2v) is 8.60. The predicted molar refractivity (Wildman–Crippen MR) is 122 cm³/mol. The van der Waals surface area contributed by atoms with E-state index in [1.54, 1.807) is 30.1 Å². The zero-order chi connectivity index (χ0) is 21.4. The van der Waals surface area contributed by atoms with Crippen molar-refractivity contribution in [2.24, 2.45) is 0 Å². The maximum Gasteiger partial charge on any atom is 0.242 e. The van der Waals surface area contributed by atoms with Crippen LogP contribution in [0.4, 0.5) is 0 Å². The standard InChI is InChI=1S/C22H26Cl2N2O2S/c1-4-20(22(28)25-3)26(12-17-9-10-18(23)11-19(17)24)21(27)14-29-13-16-7-5-15(2)6-8-16/h5-11,20H,4,12-14H2,1-3H3,(H,25,28)/t20-/m1/s1. The Labute approximate surface area is 187 Å². The Morgan fingerprint density at radius 1 is 1.14 bits per heavy atom. The second-order valence-electron chi connectivity index (χ2n) is 6.77. The summed E-state index contributed by atoms with van der Waals surface area (Å²) in [5.41, 5.74) is 3.13.